The van der Waals surface area contributed by atoms with Gasteiger partial charge in [0.25, 0.3) is 0 Å². The Labute approximate surface area is 76.5 Å². The van der Waals surface area contributed by atoms with Gasteiger partial charge in [0.2, 0.25) is 0 Å². The van der Waals surface area contributed by atoms with E-state index in [4.69, 9.17) is 16.9 Å². The van der Waals surface area contributed by atoms with E-state index in [0.29, 0.717) is 4.47 Å². The van der Waals surface area contributed by atoms with Crippen LogP contribution in [0.1, 0.15) is 5.56 Å². The fraction of sp³-hybridized carbons (Fsp3) is 0. The van der Waals surface area contributed by atoms with Crippen LogP contribution in [-0.4, -0.2) is 0 Å². The van der Waals surface area contributed by atoms with Crippen LogP contribution in [-0.2, 0) is 0 Å². The highest BCUT2D eigenvalue weighted by Gasteiger charge is 2.04. The maximum absolute atomic E-state index is 12.6. The molecule has 0 bridgehead atoms. The van der Waals surface area contributed by atoms with E-state index >= 15 is 0 Å². The molecule has 1 nitrogen and oxygen atoms in total. The van der Waals surface area contributed by atoms with Crippen LogP contribution in [0.15, 0.2) is 16.6 Å². The molecule has 0 amide bonds. The number of rotatable bonds is 0. The van der Waals surface area contributed by atoms with Crippen LogP contribution in [0.4, 0.5) is 4.39 Å². The van der Waals surface area contributed by atoms with Crippen molar-refractivity contribution in [2.24, 2.45) is 0 Å². The Morgan fingerprint density at radius 2 is 2.18 bits per heavy atom. The first-order valence-electron chi connectivity index (χ1n) is 2.70. The van der Waals surface area contributed by atoms with Gasteiger partial charge >= 0.3 is 0 Å². The monoisotopic (exact) mass is 233 g/mol. The lowest BCUT2D eigenvalue weighted by atomic mass is 10.2. The Morgan fingerprint density at radius 1 is 1.55 bits per heavy atom. The van der Waals surface area contributed by atoms with E-state index in [1.165, 1.54) is 6.07 Å². The van der Waals surface area contributed by atoms with E-state index in [0.717, 1.165) is 6.07 Å². The van der Waals surface area contributed by atoms with Gasteiger partial charge in [0.15, 0.2) is 0 Å². The quantitative estimate of drug-likeness (QED) is 0.633. The molecule has 0 aliphatic heterocycles. The Bertz CT molecular complexity index is 332. The maximum Gasteiger partial charge on any atom is 0.143 e. The number of hydrogen-bond acceptors (Lipinski definition) is 1. The van der Waals surface area contributed by atoms with Crippen molar-refractivity contribution in [3.63, 3.8) is 0 Å². The first kappa shape index (κ1) is 8.51. The number of halogens is 3. The molecular formula is C7H2BrClFN. The van der Waals surface area contributed by atoms with Gasteiger partial charge in [-0.05, 0) is 28.1 Å². The van der Waals surface area contributed by atoms with Crippen LogP contribution in [0.3, 0.4) is 0 Å². The maximum atomic E-state index is 12.6. The molecule has 4 heteroatoms. The molecule has 0 aromatic heterocycles. The van der Waals surface area contributed by atoms with Crippen molar-refractivity contribution in [3.8, 4) is 6.07 Å². The summed E-state index contributed by atoms with van der Waals surface area (Å²) in [5.41, 5.74) is 0.243. The molecule has 0 aliphatic carbocycles. The van der Waals surface area contributed by atoms with Crippen LogP contribution in [0.2, 0.25) is 5.02 Å². The molecule has 0 radical (unpaired) electrons. The van der Waals surface area contributed by atoms with Gasteiger partial charge in [-0.25, -0.2) is 4.39 Å². The molecule has 1 aromatic carbocycles. The van der Waals surface area contributed by atoms with E-state index in [9.17, 15) is 4.39 Å². The van der Waals surface area contributed by atoms with Crippen molar-refractivity contribution in [2.75, 3.05) is 0 Å². The average molecular weight is 234 g/mol. The van der Waals surface area contributed by atoms with Gasteiger partial charge < -0.3 is 0 Å². The van der Waals surface area contributed by atoms with Gasteiger partial charge in [-0.3, -0.25) is 0 Å². The van der Waals surface area contributed by atoms with Gasteiger partial charge in [-0.15, -0.1) is 0 Å². The highest BCUT2D eigenvalue weighted by Crippen LogP contribution is 2.23. The summed E-state index contributed by atoms with van der Waals surface area (Å²) in [4.78, 5) is 0. The van der Waals surface area contributed by atoms with Crippen LogP contribution in [0.5, 0.6) is 0 Å². The molecule has 0 aliphatic rings. The molecule has 1 aromatic rings. The summed E-state index contributed by atoms with van der Waals surface area (Å²) >= 11 is 8.50. The summed E-state index contributed by atoms with van der Waals surface area (Å²) < 4.78 is 13.1. The molecule has 0 fully saturated rings. The van der Waals surface area contributed by atoms with Gasteiger partial charge in [0.1, 0.15) is 11.9 Å². The first-order valence-corrected chi connectivity index (χ1v) is 3.87. The van der Waals surface area contributed by atoms with Gasteiger partial charge in [-0.2, -0.15) is 5.26 Å². The van der Waals surface area contributed by atoms with E-state index in [1.807, 2.05) is 6.07 Å². The predicted molar refractivity (Wildman–Crippen MR) is 43.8 cm³/mol. The minimum Gasteiger partial charge on any atom is -0.205 e. The molecular weight excluding hydrogens is 232 g/mol. The molecule has 1 rings (SSSR count). The van der Waals surface area contributed by atoms with Crippen molar-refractivity contribution in [2.45, 2.75) is 0 Å². The van der Waals surface area contributed by atoms with Crippen LogP contribution < -0.4 is 0 Å². The average Bonchev–Trinajstić information content (AvgIpc) is 1.97. The summed E-state index contributed by atoms with van der Waals surface area (Å²) in [6.45, 7) is 0. The van der Waals surface area contributed by atoms with Crippen LogP contribution in [0.25, 0.3) is 0 Å². The Balaban J connectivity index is 3.35. The molecule has 0 saturated carbocycles. The largest absolute Gasteiger partial charge is 0.205 e. The summed E-state index contributed by atoms with van der Waals surface area (Å²) in [5.74, 6) is -0.577. The van der Waals surface area contributed by atoms with E-state index in [-0.39, 0.29) is 10.6 Å². The zero-order valence-corrected chi connectivity index (χ0v) is 7.58. The highest BCUT2D eigenvalue weighted by atomic mass is 79.9. The first-order chi connectivity index (χ1) is 5.15. The van der Waals surface area contributed by atoms with Crippen LogP contribution >= 0.6 is 27.5 Å². The lowest BCUT2D eigenvalue weighted by molar-refractivity contribution is 0.627. The molecule has 0 atom stereocenters. The summed E-state index contributed by atoms with van der Waals surface area (Å²) in [6.07, 6.45) is 0. The van der Waals surface area contributed by atoms with Crippen molar-refractivity contribution in [1.82, 2.24) is 0 Å². The second-order valence-electron chi connectivity index (χ2n) is 1.86. The number of benzene rings is 1. The van der Waals surface area contributed by atoms with Crippen molar-refractivity contribution in [3.05, 3.63) is 33.0 Å². The lowest BCUT2D eigenvalue weighted by Gasteiger charge is -1.96. The third-order valence-electron chi connectivity index (χ3n) is 1.13. The van der Waals surface area contributed by atoms with Crippen molar-refractivity contribution in [1.29, 1.82) is 5.26 Å². The molecule has 0 saturated heterocycles. The number of hydrogen-bond donors (Lipinski definition) is 0. The SMILES string of the molecule is N#Cc1cc(F)c(Cl)cc1Br. The Kier molecular flexibility index (Phi) is 2.48. The highest BCUT2D eigenvalue weighted by molar-refractivity contribution is 9.10. The van der Waals surface area contributed by atoms with Gasteiger partial charge in [0, 0.05) is 4.47 Å². The smallest absolute Gasteiger partial charge is 0.143 e. The molecule has 11 heavy (non-hydrogen) atoms. The normalized spacial score (nSPS) is 9.27. The summed E-state index contributed by atoms with van der Waals surface area (Å²) in [7, 11) is 0. The zero-order chi connectivity index (χ0) is 8.43. The third kappa shape index (κ3) is 1.70. The summed E-state index contributed by atoms with van der Waals surface area (Å²) in [5, 5.41) is 8.45. The fourth-order valence-electron chi connectivity index (χ4n) is 0.608. The number of nitriles is 1. The van der Waals surface area contributed by atoms with E-state index in [2.05, 4.69) is 15.9 Å². The van der Waals surface area contributed by atoms with Gasteiger partial charge in [0.05, 0.1) is 10.6 Å². The van der Waals surface area contributed by atoms with E-state index < -0.39 is 5.82 Å². The summed E-state index contributed by atoms with van der Waals surface area (Å²) in [6, 6.07) is 4.26. The standard InChI is InChI=1S/C7H2BrClFN/c8-5-2-6(9)7(10)1-4(5)3-11/h1-2H. The van der Waals surface area contributed by atoms with Crippen molar-refractivity contribution >= 4 is 27.5 Å². The second kappa shape index (κ2) is 3.21. The topological polar surface area (TPSA) is 23.8 Å². The molecule has 0 heterocycles. The Morgan fingerprint density at radius 3 is 2.73 bits per heavy atom. The Hall–Kier alpha value is -0.590. The minimum absolute atomic E-state index is 0.0101. The van der Waals surface area contributed by atoms with Crippen molar-refractivity contribution < 1.29 is 4.39 Å². The van der Waals surface area contributed by atoms with Gasteiger partial charge in [-0.1, -0.05) is 11.6 Å². The fourth-order valence-corrected chi connectivity index (χ4v) is 1.34. The second-order valence-corrected chi connectivity index (χ2v) is 3.12. The number of nitrogens with zero attached hydrogens (tertiary/aromatic N) is 1. The third-order valence-corrected chi connectivity index (χ3v) is 2.08. The van der Waals surface area contributed by atoms with Crippen LogP contribution in [0, 0.1) is 17.1 Å². The minimum atomic E-state index is -0.577. The molecule has 56 valence electrons. The molecule has 0 spiro atoms. The predicted octanol–water partition coefficient (Wildman–Crippen LogP) is 3.11. The van der Waals surface area contributed by atoms with E-state index in [1.54, 1.807) is 0 Å². The lowest BCUT2D eigenvalue weighted by Crippen LogP contribution is -1.82. The molecule has 0 unspecified atom stereocenters. The zero-order valence-electron chi connectivity index (χ0n) is 5.24. The molecule has 0 N–H and O–H groups in total.